The molecule has 186 valence electrons. The van der Waals surface area contributed by atoms with Crippen LogP contribution in [0.25, 0.3) is 11.1 Å². The van der Waals surface area contributed by atoms with Crippen molar-refractivity contribution < 1.29 is 14.3 Å². The summed E-state index contributed by atoms with van der Waals surface area (Å²) in [5.41, 5.74) is 4.49. The third kappa shape index (κ3) is 6.39. The van der Waals surface area contributed by atoms with Crippen LogP contribution in [0.15, 0.2) is 83.1 Å². The molecule has 37 heavy (non-hydrogen) atoms. The first kappa shape index (κ1) is 26.0. The van der Waals surface area contributed by atoms with Crippen molar-refractivity contribution >= 4 is 45.6 Å². The van der Waals surface area contributed by atoms with Gasteiger partial charge in [-0.25, -0.2) is 0 Å². The van der Waals surface area contributed by atoms with Crippen LogP contribution in [0.2, 0.25) is 0 Å². The summed E-state index contributed by atoms with van der Waals surface area (Å²) in [6, 6.07) is 24.4. The maximum absolute atomic E-state index is 13.0. The number of methoxy groups -OCH3 is 1. The van der Waals surface area contributed by atoms with E-state index in [2.05, 4.69) is 16.7 Å². The molecule has 0 radical (unpaired) electrons. The van der Waals surface area contributed by atoms with Gasteiger partial charge in [-0.1, -0.05) is 35.9 Å². The molecule has 4 aromatic rings. The number of carbonyl (C=O) groups excluding carboxylic acids is 2. The Bertz CT molecular complexity index is 1460. The molecule has 1 atom stereocenters. The van der Waals surface area contributed by atoms with Crippen LogP contribution in [0.4, 0.5) is 10.7 Å². The highest BCUT2D eigenvalue weighted by molar-refractivity contribution is 8.00. The third-order valence-corrected chi connectivity index (χ3v) is 7.62. The van der Waals surface area contributed by atoms with Crippen molar-refractivity contribution in [3.63, 3.8) is 0 Å². The monoisotopic (exact) mass is 527 g/mol. The maximum atomic E-state index is 13.0. The fraction of sp³-hybridized carbons (Fsp3) is 0.138. The molecular weight excluding hydrogens is 502 g/mol. The van der Waals surface area contributed by atoms with Crippen molar-refractivity contribution in [2.24, 2.45) is 0 Å². The molecule has 3 aromatic carbocycles. The Morgan fingerprint density at radius 1 is 1.03 bits per heavy atom. The molecule has 0 saturated carbocycles. The zero-order chi connectivity index (χ0) is 26.4. The molecule has 0 aliphatic carbocycles. The van der Waals surface area contributed by atoms with Gasteiger partial charge in [-0.05, 0) is 61.9 Å². The molecule has 6 nitrogen and oxygen atoms in total. The first-order chi connectivity index (χ1) is 17.9. The van der Waals surface area contributed by atoms with Crippen molar-refractivity contribution in [2.45, 2.75) is 24.0 Å². The number of amides is 2. The van der Waals surface area contributed by atoms with Gasteiger partial charge in [0.05, 0.1) is 17.9 Å². The molecular formula is C29H25N3O3S2. The molecule has 1 aromatic heterocycles. The van der Waals surface area contributed by atoms with Gasteiger partial charge in [-0.15, -0.1) is 23.1 Å². The summed E-state index contributed by atoms with van der Waals surface area (Å²) in [7, 11) is 1.57. The minimum Gasteiger partial charge on any atom is -0.497 e. The second kappa shape index (κ2) is 11.8. The number of hydrogen-bond acceptors (Lipinski definition) is 6. The van der Waals surface area contributed by atoms with Gasteiger partial charge in [0.1, 0.15) is 16.8 Å². The highest BCUT2D eigenvalue weighted by Crippen LogP contribution is 2.36. The van der Waals surface area contributed by atoms with Gasteiger partial charge >= 0.3 is 0 Å². The number of carbonyl (C=O) groups is 2. The van der Waals surface area contributed by atoms with Gasteiger partial charge in [0.15, 0.2) is 0 Å². The van der Waals surface area contributed by atoms with Gasteiger partial charge in [-0.3, -0.25) is 9.59 Å². The second-order valence-corrected chi connectivity index (χ2v) is 10.6. The molecule has 1 heterocycles. The predicted octanol–water partition coefficient (Wildman–Crippen LogP) is 6.98. The van der Waals surface area contributed by atoms with Crippen LogP contribution >= 0.6 is 23.1 Å². The SMILES string of the molecule is COc1ccc(C(=O)Nc2cccc(SC(C)C(=O)Nc3scc(-c4ccc(C)cc4)c3C#N)c2)cc1. The Kier molecular flexibility index (Phi) is 8.29. The van der Waals surface area contributed by atoms with E-state index in [-0.39, 0.29) is 11.8 Å². The van der Waals surface area contributed by atoms with E-state index in [4.69, 9.17) is 4.74 Å². The first-order valence-corrected chi connectivity index (χ1v) is 13.3. The van der Waals surface area contributed by atoms with Crippen molar-refractivity contribution in [1.29, 1.82) is 5.26 Å². The van der Waals surface area contributed by atoms with Gasteiger partial charge in [0, 0.05) is 27.1 Å². The lowest BCUT2D eigenvalue weighted by molar-refractivity contribution is -0.115. The molecule has 0 fully saturated rings. The summed E-state index contributed by atoms with van der Waals surface area (Å²) >= 11 is 2.72. The summed E-state index contributed by atoms with van der Waals surface area (Å²) in [5, 5.41) is 17.6. The Morgan fingerprint density at radius 2 is 1.76 bits per heavy atom. The minimum atomic E-state index is -0.427. The average molecular weight is 528 g/mol. The Balaban J connectivity index is 1.40. The van der Waals surface area contributed by atoms with Crippen LogP contribution in [-0.4, -0.2) is 24.2 Å². The third-order valence-electron chi connectivity index (χ3n) is 5.63. The molecule has 1 unspecified atom stereocenters. The highest BCUT2D eigenvalue weighted by atomic mass is 32.2. The molecule has 0 bridgehead atoms. The quantitative estimate of drug-likeness (QED) is 0.241. The van der Waals surface area contributed by atoms with E-state index in [9.17, 15) is 14.9 Å². The van der Waals surface area contributed by atoms with Gasteiger partial charge < -0.3 is 15.4 Å². The van der Waals surface area contributed by atoms with Crippen LogP contribution in [0.3, 0.4) is 0 Å². The molecule has 0 aliphatic heterocycles. The predicted molar refractivity (Wildman–Crippen MR) is 151 cm³/mol. The Morgan fingerprint density at radius 3 is 2.43 bits per heavy atom. The number of aryl methyl sites for hydroxylation is 1. The highest BCUT2D eigenvalue weighted by Gasteiger charge is 2.20. The Hall–Kier alpha value is -4.06. The number of benzene rings is 3. The second-order valence-electron chi connectivity index (χ2n) is 8.29. The first-order valence-electron chi connectivity index (χ1n) is 11.5. The molecule has 8 heteroatoms. The number of nitriles is 1. The van der Waals surface area contributed by atoms with Crippen LogP contribution in [0, 0.1) is 18.3 Å². The van der Waals surface area contributed by atoms with Crippen LogP contribution < -0.4 is 15.4 Å². The summed E-state index contributed by atoms with van der Waals surface area (Å²) in [6.45, 7) is 3.82. The normalized spacial score (nSPS) is 11.3. The number of ether oxygens (including phenoxy) is 1. The number of rotatable bonds is 8. The van der Waals surface area contributed by atoms with E-state index in [0.717, 1.165) is 21.6 Å². The molecule has 0 saturated heterocycles. The number of thioether (sulfide) groups is 1. The smallest absolute Gasteiger partial charge is 0.255 e. The number of hydrogen-bond donors (Lipinski definition) is 2. The van der Waals surface area contributed by atoms with Crippen molar-refractivity contribution in [3.8, 4) is 22.9 Å². The van der Waals surface area contributed by atoms with Crippen LogP contribution in [-0.2, 0) is 4.79 Å². The van der Waals surface area contributed by atoms with Crippen molar-refractivity contribution in [2.75, 3.05) is 17.7 Å². The van der Waals surface area contributed by atoms with E-state index in [0.29, 0.717) is 27.6 Å². The fourth-order valence-electron chi connectivity index (χ4n) is 3.57. The topological polar surface area (TPSA) is 91.2 Å². The zero-order valence-electron chi connectivity index (χ0n) is 20.6. The van der Waals surface area contributed by atoms with E-state index in [1.165, 1.54) is 23.1 Å². The van der Waals surface area contributed by atoms with E-state index >= 15 is 0 Å². The standard InChI is InChI=1S/C29H25N3O3S2/c1-18-7-9-20(10-8-18)26-17-36-29(25(26)16-30)32-27(33)19(2)37-24-6-4-5-22(15-24)31-28(34)21-11-13-23(35-3)14-12-21/h4-15,17,19H,1-3H3,(H,31,34)(H,32,33). The number of thiophene rings is 1. The minimum absolute atomic E-state index is 0.202. The van der Waals surface area contributed by atoms with E-state index < -0.39 is 5.25 Å². The molecule has 4 rings (SSSR count). The number of nitrogens with zero attached hydrogens (tertiary/aromatic N) is 1. The summed E-state index contributed by atoms with van der Waals surface area (Å²) in [4.78, 5) is 26.4. The summed E-state index contributed by atoms with van der Waals surface area (Å²) < 4.78 is 5.13. The molecule has 0 aliphatic rings. The largest absolute Gasteiger partial charge is 0.497 e. The fourth-order valence-corrected chi connectivity index (χ4v) is 5.42. The maximum Gasteiger partial charge on any atom is 0.255 e. The van der Waals surface area contributed by atoms with E-state index in [1.54, 1.807) is 37.4 Å². The lowest BCUT2D eigenvalue weighted by atomic mass is 10.0. The van der Waals surface area contributed by atoms with Gasteiger partial charge in [0.25, 0.3) is 5.91 Å². The van der Waals surface area contributed by atoms with Crippen molar-refractivity contribution in [3.05, 3.63) is 94.9 Å². The number of anilines is 2. The molecule has 2 amide bonds. The van der Waals surface area contributed by atoms with Gasteiger partial charge in [0.2, 0.25) is 5.91 Å². The lowest BCUT2D eigenvalue weighted by Crippen LogP contribution is -2.22. The van der Waals surface area contributed by atoms with Crippen molar-refractivity contribution in [1.82, 2.24) is 0 Å². The molecule has 0 spiro atoms. The Labute approximate surface area is 224 Å². The average Bonchev–Trinajstić information content (AvgIpc) is 3.31. The van der Waals surface area contributed by atoms with Gasteiger partial charge in [-0.2, -0.15) is 5.26 Å². The zero-order valence-corrected chi connectivity index (χ0v) is 22.2. The van der Waals surface area contributed by atoms with Crippen LogP contribution in [0.5, 0.6) is 5.75 Å². The molecule has 2 N–H and O–H groups in total. The summed E-state index contributed by atoms with van der Waals surface area (Å²) in [5.74, 6) is 0.242. The lowest BCUT2D eigenvalue weighted by Gasteiger charge is -2.13. The van der Waals surface area contributed by atoms with Crippen LogP contribution in [0.1, 0.15) is 28.4 Å². The number of nitrogens with one attached hydrogen (secondary N) is 2. The van der Waals surface area contributed by atoms with E-state index in [1.807, 2.05) is 61.7 Å². The summed E-state index contributed by atoms with van der Waals surface area (Å²) in [6.07, 6.45) is 0.